The van der Waals surface area contributed by atoms with Gasteiger partial charge < -0.3 is 10.2 Å². The fourth-order valence-corrected chi connectivity index (χ4v) is 2.12. The van der Waals surface area contributed by atoms with Crippen LogP contribution in [0.25, 0.3) is 0 Å². The molecule has 3 nitrogen and oxygen atoms in total. The van der Waals surface area contributed by atoms with Crippen LogP contribution in [-0.2, 0) is 0 Å². The highest BCUT2D eigenvalue weighted by Crippen LogP contribution is 2.34. The van der Waals surface area contributed by atoms with Crippen LogP contribution in [0.1, 0.15) is 17.7 Å². The minimum absolute atomic E-state index is 0.284. The van der Waals surface area contributed by atoms with Crippen molar-refractivity contribution in [1.29, 1.82) is 0 Å². The summed E-state index contributed by atoms with van der Waals surface area (Å²) in [5, 5.41) is 0.970. The summed E-state index contributed by atoms with van der Waals surface area (Å²) in [6, 6.07) is 7.86. The van der Waals surface area contributed by atoms with Gasteiger partial charge in [0.2, 0.25) is 0 Å². The van der Waals surface area contributed by atoms with Gasteiger partial charge in [-0.05, 0) is 24.6 Å². The molecule has 0 radical (unpaired) electrons. The maximum atomic E-state index is 5.72. The van der Waals surface area contributed by atoms with Crippen LogP contribution in [0.15, 0.2) is 46.4 Å². The minimum atomic E-state index is 0.284. The zero-order valence-corrected chi connectivity index (χ0v) is 9.20. The van der Waals surface area contributed by atoms with E-state index in [4.69, 9.17) is 10.2 Å². The van der Waals surface area contributed by atoms with Gasteiger partial charge in [0.1, 0.15) is 6.26 Å². The van der Waals surface area contributed by atoms with Crippen LogP contribution < -0.4 is 5.73 Å². The average molecular weight is 220 g/mol. The van der Waals surface area contributed by atoms with Gasteiger partial charge in [0.05, 0.1) is 6.20 Å². The van der Waals surface area contributed by atoms with Crippen LogP contribution in [-0.4, -0.2) is 4.98 Å². The lowest BCUT2D eigenvalue weighted by Crippen LogP contribution is -1.91. The van der Waals surface area contributed by atoms with Crippen LogP contribution in [0.2, 0.25) is 0 Å². The molecule has 0 fully saturated rings. The summed E-state index contributed by atoms with van der Waals surface area (Å²) in [7, 11) is 0. The zero-order valence-electron chi connectivity index (χ0n) is 8.38. The van der Waals surface area contributed by atoms with E-state index in [9.17, 15) is 0 Å². The molecule has 0 bridgehead atoms. The standard InChI is InChI=1S/C11H12N2OS/c1-8(15-11-13-5-6-14-11)9-3-2-4-10(12)7-9/h2-8H,12H2,1H3. The number of hydrogen-bond acceptors (Lipinski definition) is 4. The highest BCUT2D eigenvalue weighted by Gasteiger charge is 2.10. The number of rotatable bonds is 3. The van der Waals surface area contributed by atoms with Gasteiger partial charge in [0, 0.05) is 10.9 Å². The maximum absolute atomic E-state index is 5.72. The van der Waals surface area contributed by atoms with Gasteiger partial charge in [-0.2, -0.15) is 0 Å². The Hall–Kier alpha value is -1.42. The first-order valence-corrected chi connectivity index (χ1v) is 5.55. The van der Waals surface area contributed by atoms with E-state index in [2.05, 4.69) is 18.0 Å². The molecular weight excluding hydrogens is 208 g/mol. The summed E-state index contributed by atoms with van der Waals surface area (Å²) in [5.74, 6) is 0. The largest absolute Gasteiger partial charge is 0.440 e. The Bertz CT molecular complexity index is 428. The van der Waals surface area contributed by atoms with Gasteiger partial charge in [-0.3, -0.25) is 0 Å². The smallest absolute Gasteiger partial charge is 0.256 e. The average Bonchev–Trinajstić information content (AvgIpc) is 2.70. The third kappa shape index (κ3) is 2.53. The van der Waals surface area contributed by atoms with E-state index < -0.39 is 0 Å². The molecule has 1 aromatic heterocycles. The quantitative estimate of drug-likeness (QED) is 0.638. The molecule has 78 valence electrons. The van der Waals surface area contributed by atoms with Gasteiger partial charge in [-0.25, -0.2) is 4.98 Å². The Morgan fingerprint density at radius 1 is 1.47 bits per heavy atom. The molecule has 0 spiro atoms. The Morgan fingerprint density at radius 3 is 3.00 bits per heavy atom. The van der Waals surface area contributed by atoms with Crippen molar-refractivity contribution in [2.45, 2.75) is 17.4 Å². The molecule has 0 saturated carbocycles. The number of nitrogens with two attached hydrogens (primary N) is 1. The summed E-state index contributed by atoms with van der Waals surface area (Å²) in [6.45, 7) is 2.10. The van der Waals surface area contributed by atoms with Crippen LogP contribution in [0.5, 0.6) is 0 Å². The fourth-order valence-electron chi connectivity index (χ4n) is 1.30. The van der Waals surface area contributed by atoms with Crippen molar-refractivity contribution in [3.05, 3.63) is 42.3 Å². The van der Waals surface area contributed by atoms with E-state index in [-0.39, 0.29) is 5.25 Å². The van der Waals surface area contributed by atoms with E-state index in [1.54, 1.807) is 24.2 Å². The van der Waals surface area contributed by atoms with E-state index in [0.717, 1.165) is 5.69 Å². The summed E-state index contributed by atoms with van der Waals surface area (Å²) in [4.78, 5) is 4.07. The van der Waals surface area contributed by atoms with E-state index in [1.165, 1.54) is 5.56 Å². The monoisotopic (exact) mass is 220 g/mol. The third-order valence-corrected chi connectivity index (χ3v) is 3.10. The highest BCUT2D eigenvalue weighted by atomic mass is 32.2. The minimum Gasteiger partial charge on any atom is -0.440 e. The van der Waals surface area contributed by atoms with Gasteiger partial charge >= 0.3 is 0 Å². The SMILES string of the molecule is CC(Sc1ncco1)c1cccc(N)c1. The first-order valence-electron chi connectivity index (χ1n) is 4.67. The van der Waals surface area contributed by atoms with Crippen molar-refractivity contribution in [3.8, 4) is 0 Å². The highest BCUT2D eigenvalue weighted by molar-refractivity contribution is 7.99. The topological polar surface area (TPSA) is 52.0 Å². The Balaban J connectivity index is 2.11. The lowest BCUT2D eigenvalue weighted by molar-refractivity contribution is 0.453. The van der Waals surface area contributed by atoms with Gasteiger partial charge in [0.25, 0.3) is 5.22 Å². The Kier molecular flexibility index (Phi) is 2.97. The summed E-state index contributed by atoms with van der Waals surface area (Å²) in [6.07, 6.45) is 3.23. The predicted molar refractivity (Wildman–Crippen MR) is 61.6 cm³/mol. The second-order valence-corrected chi connectivity index (χ2v) is 4.52. The summed E-state index contributed by atoms with van der Waals surface area (Å²) >= 11 is 1.58. The molecule has 0 aliphatic carbocycles. The number of benzene rings is 1. The van der Waals surface area contributed by atoms with Crippen LogP contribution in [0.3, 0.4) is 0 Å². The molecule has 1 aromatic carbocycles. The second kappa shape index (κ2) is 4.40. The predicted octanol–water partition coefficient (Wildman–Crippen LogP) is 3.11. The molecule has 2 N–H and O–H groups in total. The second-order valence-electron chi connectivity index (χ2n) is 3.23. The van der Waals surface area contributed by atoms with Crippen molar-refractivity contribution in [1.82, 2.24) is 4.98 Å². The molecule has 1 unspecified atom stereocenters. The van der Waals surface area contributed by atoms with E-state index in [1.807, 2.05) is 18.2 Å². The Morgan fingerprint density at radius 2 is 2.33 bits per heavy atom. The van der Waals surface area contributed by atoms with Crippen molar-refractivity contribution in [2.75, 3.05) is 5.73 Å². The number of anilines is 1. The first kappa shape index (κ1) is 10.1. The molecule has 1 heterocycles. The molecule has 4 heteroatoms. The number of oxazole rings is 1. The lowest BCUT2D eigenvalue weighted by Gasteiger charge is -2.09. The summed E-state index contributed by atoms with van der Waals surface area (Å²) < 4.78 is 5.18. The summed E-state index contributed by atoms with van der Waals surface area (Å²) in [5.41, 5.74) is 7.68. The number of nitrogens with zero attached hydrogens (tertiary/aromatic N) is 1. The first-order chi connectivity index (χ1) is 7.25. The van der Waals surface area contributed by atoms with Crippen LogP contribution >= 0.6 is 11.8 Å². The van der Waals surface area contributed by atoms with Crippen molar-refractivity contribution < 1.29 is 4.42 Å². The van der Waals surface area contributed by atoms with Crippen molar-refractivity contribution >= 4 is 17.4 Å². The van der Waals surface area contributed by atoms with Gasteiger partial charge in [-0.1, -0.05) is 23.9 Å². The Labute approximate surface area is 92.7 Å². The molecule has 1 atom stereocenters. The van der Waals surface area contributed by atoms with E-state index in [0.29, 0.717) is 5.22 Å². The third-order valence-electron chi connectivity index (χ3n) is 2.07. The fraction of sp³-hybridized carbons (Fsp3) is 0.182. The van der Waals surface area contributed by atoms with Crippen LogP contribution in [0, 0.1) is 0 Å². The molecule has 2 rings (SSSR count). The molecule has 2 aromatic rings. The number of thioether (sulfide) groups is 1. The molecule has 0 amide bonds. The molecule has 0 saturated heterocycles. The van der Waals surface area contributed by atoms with Crippen LogP contribution in [0.4, 0.5) is 5.69 Å². The number of hydrogen-bond donors (Lipinski definition) is 1. The molecular formula is C11H12N2OS. The van der Waals surface area contributed by atoms with Gasteiger partial charge in [-0.15, -0.1) is 0 Å². The van der Waals surface area contributed by atoms with Crippen molar-refractivity contribution in [2.24, 2.45) is 0 Å². The maximum Gasteiger partial charge on any atom is 0.256 e. The lowest BCUT2D eigenvalue weighted by atomic mass is 10.1. The number of nitrogen functional groups attached to an aromatic ring is 1. The molecule has 0 aliphatic rings. The van der Waals surface area contributed by atoms with Gasteiger partial charge in [0.15, 0.2) is 0 Å². The zero-order chi connectivity index (χ0) is 10.7. The molecule has 15 heavy (non-hydrogen) atoms. The molecule has 0 aliphatic heterocycles. The van der Waals surface area contributed by atoms with Crippen molar-refractivity contribution in [3.63, 3.8) is 0 Å². The normalized spacial score (nSPS) is 12.6. The number of aromatic nitrogens is 1. The van der Waals surface area contributed by atoms with E-state index >= 15 is 0 Å².